The second kappa shape index (κ2) is 5.70. The van der Waals surface area contributed by atoms with Crippen molar-refractivity contribution >= 4 is 38.9 Å². The van der Waals surface area contributed by atoms with Crippen LogP contribution in [0.25, 0.3) is 0 Å². The van der Waals surface area contributed by atoms with Gasteiger partial charge in [-0.25, -0.2) is 8.42 Å². The summed E-state index contributed by atoms with van der Waals surface area (Å²) >= 11 is 6.93. The number of rotatable bonds is 4. The highest BCUT2D eigenvalue weighted by Crippen LogP contribution is 2.15. The smallest absolute Gasteiger partial charge is 0.273 e. The fourth-order valence-electron chi connectivity index (χ4n) is 1.28. The van der Waals surface area contributed by atoms with Crippen LogP contribution in [-0.4, -0.2) is 14.3 Å². The highest BCUT2D eigenvalue weighted by Gasteiger charge is 2.16. The molecule has 0 fully saturated rings. The van der Waals surface area contributed by atoms with Crippen LogP contribution in [0.5, 0.6) is 0 Å². The van der Waals surface area contributed by atoms with Gasteiger partial charge < -0.3 is 0 Å². The standard InChI is InChI=1S/C11H9ClN2O3S2/c12-8-3-1-4-9(7-8)19(16,17)14-13-11(15)10-5-2-6-18-10/h1-7,14H,(H,13,15). The van der Waals surface area contributed by atoms with E-state index in [9.17, 15) is 13.2 Å². The summed E-state index contributed by atoms with van der Waals surface area (Å²) in [5.74, 6) is -0.513. The van der Waals surface area contributed by atoms with Crippen LogP contribution in [0.1, 0.15) is 9.67 Å². The number of carbonyl (C=O) groups is 1. The monoisotopic (exact) mass is 316 g/mol. The lowest BCUT2D eigenvalue weighted by Crippen LogP contribution is -2.41. The van der Waals surface area contributed by atoms with Crippen LogP contribution in [0.2, 0.25) is 5.02 Å². The topological polar surface area (TPSA) is 75.3 Å². The van der Waals surface area contributed by atoms with Crippen molar-refractivity contribution in [3.05, 3.63) is 51.7 Å². The molecule has 1 heterocycles. The van der Waals surface area contributed by atoms with Gasteiger partial charge in [-0.1, -0.05) is 23.7 Å². The number of nitrogens with one attached hydrogen (secondary N) is 2. The van der Waals surface area contributed by atoms with E-state index in [1.165, 1.54) is 29.5 Å². The highest BCUT2D eigenvalue weighted by atomic mass is 35.5. The third-order valence-corrected chi connectivity index (χ3v) is 4.50. The van der Waals surface area contributed by atoms with E-state index in [0.29, 0.717) is 9.90 Å². The number of carbonyl (C=O) groups excluding carboxylic acids is 1. The zero-order valence-corrected chi connectivity index (χ0v) is 11.8. The molecule has 5 nitrogen and oxygen atoms in total. The molecule has 8 heteroatoms. The molecule has 2 rings (SSSR count). The van der Waals surface area contributed by atoms with Gasteiger partial charge in [-0.3, -0.25) is 10.2 Å². The van der Waals surface area contributed by atoms with Crippen LogP contribution < -0.4 is 10.3 Å². The van der Waals surface area contributed by atoms with E-state index < -0.39 is 15.9 Å². The van der Waals surface area contributed by atoms with Crippen LogP contribution in [0.15, 0.2) is 46.7 Å². The average molecular weight is 317 g/mol. The Morgan fingerprint density at radius 2 is 2.00 bits per heavy atom. The van der Waals surface area contributed by atoms with Crippen molar-refractivity contribution < 1.29 is 13.2 Å². The molecular weight excluding hydrogens is 308 g/mol. The maximum absolute atomic E-state index is 11.9. The summed E-state index contributed by atoms with van der Waals surface area (Å²) < 4.78 is 23.8. The van der Waals surface area contributed by atoms with Crippen molar-refractivity contribution in [2.75, 3.05) is 0 Å². The molecule has 2 aromatic rings. The largest absolute Gasteiger partial charge is 0.276 e. The van der Waals surface area contributed by atoms with Crippen molar-refractivity contribution in [2.24, 2.45) is 0 Å². The predicted molar refractivity (Wildman–Crippen MR) is 73.6 cm³/mol. The molecule has 0 spiro atoms. The van der Waals surface area contributed by atoms with Gasteiger partial charge in [0.25, 0.3) is 15.9 Å². The Morgan fingerprint density at radius 3 is 2.63 bits per heavy atom. The first-order valence-electron chi connectivity index (χ1n) is 5.10. The van der Waals surface area contributed by atoms with Gasteiger partial charge in [-0.15, -0.1) is 16.2 Å². The fraction of sp³-hybridized carbons (Fsp3) is 0. The van der Waals surface area contributed by atoms with Gasteiger partial charge in [0.05, 0.1) is 9.77 Å². The SMILES string of the molecule is O=C(NNS(=O)(=O)c1cccc(Cl)c1)c1cccs1. The predicted octanol–water partition coefficient (Wildman–Crippen LogP) is 2.02. The Balaban J connectivity index is 2.08. The Kier molecular flexibility index (Phi) is 4.20. The molecule has 0 saturated heterocycles. The number of hydrogen-bond acceptors (Lipinski definition) is 4. The van der Waals surface area contributed by atoms with Crippen molar-refractivity contribution in [3.63, 3.8) is 0 Å². The maximum atomic E-state index is 11.9. The average Bonchev–Trinajstić information content (AvgIpc) is 2.90. The lowest BCUT2D eigenvalue weighted by atomic mass is 10.4. The number of benzene rings is 1. The van der Waals surface area contributed by atoms with Gasteiger partial charge in [-0.05, 0) is 29.6 Å². The number of hydrazine groups is 1. The van der Waals surface area contributed by atoms with Gasteiger partial charge in [0.15, 0.2) is 0 Å². The number of halogens is 1. The number of amides is 1. The Labute approximate surface area is 119 Å². The molecule has 2 N–H and O–H groups in total. The van der Waals surface area contributed by atoms with Crippen LogP contribution in [-0.2, 0) is 10.0 Å². The molecule has 1 aromatic heterocycles. The van der Waals surface area contributed by atoms with Gasteiger partial charge >= 0.3 is 0 Å². The lowest BCUT2D eigenvalue weighted by Gasteiger charge is -2.07. The number of sulfonamides is 1. The van der Waals surface area contributed by atoms with E-state index in [4.69, 9.17) is 11.6 Å². The van der Waals surface area contributed by atoms with Crippen LogP contribution in [0.4, 0.5) is 0 Å². The van der Waals surface area contributed by atoms with Crippen LogP contribution in [0, 0.1) is 0 Å². The van der Waals surface area contributed by atoms with E-state index in [0.717, 1.165) is 0 Å². The van der Waals surface area contributed by atoms with Gasteiger partial charge in [-0.2, -0.15) is 0 Å². The molecule has 0 aliphatic carbocycles. The zero-order chi connectivity index (χ0) is 13.9. The molecule has 0 bridgehead atoms. The Morgan fingerprint density at radius 1 is 1.21 bits per heavy atom. The maximum Gasteiger partial charge on any atom is 0.276 e. The van der Waals surface area contributed by atoms with E-state index in [1.807, 2.05) is 4.83 Å². The van der Waals surface area contributed by atoms with Crippen LogP contribution in [0.3, 0.4) is 0 Å². The fourth-order valence-corrected chi connectivity index (χ4v) is 3.03. The van der Waals surface area contributed by atoms with Gasteiger partial charge in [0, 0.05) is 5.02 Å². The van der Waals surface area contributed by atoms with Crippen molar-refractivity contribution in [1.29, 1.82) is 0 Å². The van der Waals surface area contributed by atoms with Crippen LogP contribution >= 0.6 is 22.9 Å². The molecule has 1 amide bonds. The molecule has 1 aromatic carbocycles. The van der Waals surface area contributed by atoms with E-state index in [1.54, 1.807) is 23.6 Å². The molecular formula is C11H9ClN2O3S2. The first kappa shape index (κ1) is 14.0. The van der Waals surface area contributed by atoms with Gasteiger partial charge in [0.2, 0.25) is 0 Å². The summed E-state index contributed by atoms with van der Waals surface area (Å²) in [6.07, 6.45) is 0. The summed E-state index contributed by atoms with van der Waals surface area (Å²) in [6, 6.07) is 9.04. The first-order valence-corrected chi connectivity index (χ1v) is 7.84. The zero-order valence-electron chi connectivity index (χ0n) is 9.46. The molecule has 0 atom stereocenters. The van der Waals surface area contributed by atoms with Crippen molar-refractivity contribution in [2.45, 2.75) is 4.90 Å². The van der Waals surface area contributed by atoms with E-state index >= 15 is 0 Å². The lowest BCUT2D eigenvalue weighted by molar-refractivity contribution is 0.0949. The number of hydrogen-bond donors (Lipinski definition) is 2. The highest BCUT2D eigenvalue weighted by molar-refractivity contribution is 7.89. The normalized spacial score (nSPS) is 11.2. The van der Waals surface area contributed by atoms with Gasteiger partial charge in [0.1, 0.15) is 0 Å². The van der Waals surface area contributed by atoms with E-state index in [-0.39, 0.29) is 4.90 Å². The molecule has 100 valence electrons. The molecule has 0 radical (unpaired) electrons. The minimum absolute atomic E-state index is 0.0218. The third kappa shape index (κ3) is 3.54. The molecule has 0 saturated carbocycles. The second-order valence-corrected chi connectivity index (χ2v) is 6.56. The number of thiophene rings is 1. The molecule has 19 heavy (non-hydrogen) atoms. The summed E-state index contributed by atoms with van der Waals surface area (Å²) in [5, 5.41) is 2.02. The minimum Gasteiger partial charge on any atom is -0.273 e. The molecule has 0 aliphatic heterocycles. The summed E-state index contributed by atoms with van der Waals surface area (Å²) in [6.45, 7) is 0. The molecule has 0 aliphatic rings. The van der Waals surface area contributed by atoms with Crippen molar-refractivity contribution in [1.82, 2.24) is 10.3 Å². The summed E-state index contributed by atoms with van der Waals surface area (Å²) in [5.41, 5.74) is 2.13. The minimum atomic E-state index is -3.83. The summed E-state index contributed by atoms with van der Waals surface area (Å²) in [4.78, 5) is 14.0. The van der Waals surface area contributed by atoms with E-state index in [2.05, 4.69) is 5.43 Å². The third-order valence-electron chi connectivity index (χ3n) is 2.15. The Hall–Kier alpha value is -1.41. The second-order valence-electron chi connectivity index (χ2n) is 3.49. The Bertz CT molecular complexity index is 684. The van der Waals surface area contributed by atoms with Crippen molar-refractivity contribution in [3.8, 4) is 0 Å². The quantitative estimate of drug-likeness (QED) is 0.847. The summed E-state index contributed by atoms with van der Waals surface area (Å²) in [7, 11) is -3.83. The molecule has 0 unspecified atom stereocenters. The first-order chi connectivity index (χ1) is 8.99.